The highest BCUT2D eigenvalue weighted by molar-refractivity contribution is 5.04. The SMILES string of the molecule is COCC(C)(N)c1noc(C2CCCC2)n1. The molecule has 1 aromatic heterocycles. The van der Waals surface area contributed by atoms with E-state index < -0.39 is 5.54 Å². The third kappa shape index (κ3) is 2.25. The zero-order valence-corrected chi connectivity index (χ0v) is 9.90. The van der Waals surface area contributed by atoms with Gasteiger partial charge in [-0.25, -0.2) is 0 Å². The highest BCUT2D eigenvalue weighted by Gasteiger charge is 2.30. The smallest absolute Gasteiger partial charge is 0.229 e. The van der Waals surface area contributed by atoms with Crippen LogP contribution in [-0.4, -0.2) is 23.9 Å². The summed E-state index contributed by atoms with van der Waals surface area (Å²) in [7, 11) is 1.61. The largest absolute Gasteiger partial charge is 0.382 e. The van der Waals surface area contributed by atoms with Gasteiger partial charge in [0.15, 0.2) is 5.82 Å². The first-order chi connectivity index (χ1) is 7.63. The monoisotopic (exact) mass is 225 g/mol. The number of hydrogen-bond donors (Lipinski definition) is 1. The van der Waals surface area contributed by atoms with Crippen LogP contribution >= 0.6 is 0 Å². The summed E-state index contributed by atoms with van der Waals surface area (Å²) >= 11 is 0. The Labute approximate surface area is 95.3 Å². The molecule has 0 spiro atoms. The summed E-state index contributed by atoms with van der Waals surface area (Å²) in [4.78, 5) is 4.40. The molecule has 5 nitrogen and oxygen atoms in total. The number of ether oxygens (including phenoxy) is 1. The predicted octanol–water partition coefficient (Wildman–Crippen LogP) is 1.55. The zero-order valence-electron chi connectivity index (χ0n) is 9.90. The molecule has 5 heteroatoms. The van der Waals surface area contributed by atoms with E-state index in [1.807, 2.05) is 6.92 Å². The molecule has 2 rings (SSSR count). The first kappa shape index (κ1) is 11.5. The van der Waals surface area contributed by atoms with Crippen LogP contribution in [0.3, 0.4) is 0 Å². The minimum atomic E-state index is -0.672. The Morgan fingerprint density at radius 3 is 2.81 bits per heavy atom. The highest BCUT2D eigenvalue weighted by Crippen LogP contribution is 2.33. The minimum Gasteiger partial charge on any atom is -0.382 e. The number of rotatable bonds is 4. The summed E-state index contributed by atoms with van der Waals surface area (Å²) in [5, 5.41) is 3.96. The normalized spacial score (nSPS) is 21.2. The Bertz CT molecular complexity index is 343. The van der Waals surface area contributed by atoms with Crippen LogP contribution in [0.5, 0.6) is 0 Å². The molecule has 0 radical (unpaired) electrons. The van der Waals surface area contributed by atoms with Gasteiger partial charge in [0.05, 0.1) is 6.61 Å². The minimum absolute atomic E-state index is 0.386. The van der Waals surface area contributed by atoms with Crippen LogP contribution in [-0.2, 0) is 10.3 Å². The van der Waals surface area contributed by atoms with E-state index in [9.17, 15) is 0 Å². The van der Waals surface area contributed by atoms with Crippen LogP contribution in [0.4, 0.5) is 0 Å². The Morgan fingerprint density at radius 1 is 1.50 bits per heavy atom. The van der Waals surface area contributed by atoms with Crippen molar-refractivity contribution >= 4 is 0 Å². The van der Waals surface area contributed by atoms with Crippen molar-refractivity contribution in [3.63, 3.8) is 0 Å². The zero-order chi connectivity index (χ0) is 11.6. The van der Waals surface area contributed by atoms with E-state index in [4.69, 9.17) is 15.0 Å². The second kappa shape index (κ2) is 4.51. The van der Waals surface area contributed by atoms with Crippen LogP contribution in [0.1, 0.15) is 50.2 Å². The van der Waals surface area contributed by atoms with Gasteiger partial charge < -0.3 is 15.0 Å². The lowest BCUT2D eigenvalue weighted by atomic mass is 10.0. The van der Waals surface area contributed by atoms with E-state index in [1.165, 1.54) is 12.8 Å². The van der Waals surface area contributed by atoms with Crippen LogP contribution in [0.15, 0.2) is 4.52 Å². The molecule has 1 aromatic rings. The Hall–Kier alpha value is -0.940. The van der Waals surface area contributed by atoms with Crippen molar-refractivity contribution in [2.24, 2.45) is 5.73 Å². The van der Waals surface area contributed by atoms with Crippen molar-refractivity contribution in [3.05, 3.63) is 11.7 Å². The quantitative estimate of drug-likeness (QED) is 0.841. The first-order valence-corrected chi connectivity index (χ1v) is 5.75. The van der Waals surface area contributed by atoms with E-state index in [2.05, 4.69) is 10.1 Å². The molecule has 1 heterocycles. The second-order valence-electron chi connectivity index (χ2n) is 4.79. The summed E-state index contributed by atoms with van der Waals surface area (Å²) < 4.78 is 10.3. The van der Waals surface area contributed by atoms with Crippen molar-refractivity contribution in [1.82, 2.24) is 10.1 Å². The van der Waals surface area contributed by atoms with Gasteiger partial charge in [-0.2, -0.15) is 4.98 Å². The lowest BCUT2D eigenvalue weighted by molar-refractivity contribution is 0.135. The van der Waals surface area contributed by atoms with Crippen molar-refractivity contribution < 1.29 is 9.26 Å². The van der Waals surface area contributed by atoms with Crippen LogP contribution in [0.25, 0.3) is 0 Å². The van der Waals surface area contributed by atoms with Gasteiger partial charge in [-0.15, -0.1) is 0 Å². The molecule has 1 unspecified atom stereocenters. The molecule has 0 saturated heterocycles. The van der Waals surface area contributed by atoms with E-state index in [0.29, 0.717) is 18.3 Å². The molecule has 1 aliphatic rings. The molecule has 1 aliphatic carbocycles. The van der Waals surface area contributed by atoms with E-state index in [1.54, 1.807) is 7.11 Å². The number of hydrogen-bond acceptors (Lipinski definition) is 5. The molecule has 1 fully saturated rings. The van der Waals surface area contributed by atoms with E-state index in [0.717, 1.165) is 18.7 Å². The number of methoxy groups -OCH3 is 1. The molecule has 90 valence electrons. The molecule has 16 heavy (non-hydrogen) atoms. The van der Waals surface area contributed by atoms with Crippen molar-refractivity contribution in [2.45, 2.75) is 44.1 Å². The highest BCUT2D eigenvalue weighted by atomic mass is 16.5. The standard InChI is InChI=1S/C11H19N3O2/c1-11(12,7-15-2)10-13-9(16-14-10)8-5-3-4-6-8/h8H,3-7,12H2,1-2H3. The third-order valence-electron chi connectivity index (χ3n) is 3.10. The Balaban J connectivity index is 2.12. The van der Waals surface area contributed by atoms with Gasteiger partial charge in [-0.1, -0.05) is 18.0 Å². The maximum absolute atomic E-state index is 6.05. The van der Waals surface area contributed by atoms with Crippen molar-refractivity contribution in [2.75, 3.05) is 13.7 Å². The van der Waals surface area contributed by atoms with Gasteiger partial charge in [0, 0.05) is 13.0 Å². The van der Waals surface area contributed by atoms with Crippen LogP contribution in [0.2, 0.25) is 0 Å². The van der Waals surface area contributed by atoms with Gasteiger partial charge >= 0.3 is 0 Å². The average Bonchev–Trinajstić information content (AvgIpc) is 2.89. The third-order valence-corrected chi connectivity index (χ3v) is 3.10. The number of aromatic nitrogens is 2. The Kier molecular flexibility index (Phi) is 3.25. The summed E-state index contributed by atoms with van der Waals surface area (Å²) in [5.74, 6) is 1.70. The molecule has 1 saturated carbocycles. The predicted molar refractivity (Wildman–Crippen MR) is 58.9 cm³/mol. The molecule has 1 atom stereocenters. The summed E-state index contributed by atoms with van der Waals surface area (Å²) in [6.45, 7) is 2.23. The number of nitrogens with zero attached hydrogens (tertiary/aromatic N) is 2. The molecular formula is C11H19N3O2. The molecule has 0 aliphatic heterocycles. The van der Waals surface area contributed by atoms with Crippen molar-refractivity contribution in [3.8, 4) is 0 Å². The fraction of sp³-hybridized carbons (Fsp3) is 0.818. The molecular weight excluding hydrogens is 206 g/mol. The maximum Gasteiger partial charge on any atom is 0.229 e. The molecule has 0 bridgehead atoms. The van der Waals surface area contributed by atoms with Gasteiger partial charge in [0.2, 0.25) is 5.89 Å². The fourth-order valence-electron chi connectivity index (χ4n) is 2.17. The van der Waals surface area contributed by atoms with E-state index in [-0.39, 0.29) is 0 Å². The summed E-state index contributed by atoms with van der Waals surface area (Å²) in [5.41, 5.74) is 5.38. The van der Waals surface area contributed by atoms with Crippen LogP contribution < -0.4 is 5.73 Å². The molecule has 0 aromatic carbocycles. The fourth-order valence-corrected chi connectivity index (χ4v) is 2.17. The lowest BCUT2D eigenvalue weighted by Gasteiger charge is -2.18. The lowest BCUT2D eigenvalue weighted by Crippen LogP contribution is -2.39. The number of nitrogens with two attached hydrogens (primary N) is 1. The first-order valence-electron chi connectivity index (χ1n) is 5.75. The van der Waals surface area contributed by atoms with Gasteiger partial charge in [0.1, 0.15) is 5.54 Å². The topological polar surface area (TPSA) is 74.2 Å². The average molecular weight is 225 g/mol. The van der Waals surface area contributed by atoms with Crippen molar-refractivity contribution in [1.29, 1.82) is 0 Å². The summed E-state index contributed by atoms with van der Waals surface area (Å²) in [6.07, 6.45) is 4.79. The van der Waals surface area contributed by atoms with Crippen LogP contribution in [0, 0.1) is 0 Å². The van der Waals surface area contributed by atoms with Gasteiger partial charge in [0.25, 0.3) is 0 Å². The Morgan fingerprint density at radius 2 is 2.19 bits per heavy atom. The second-order valence-corrected chi connectivity index (χ2v) is 4.79. The van der Waals surface area contributed by atoms with Gasteiger partial charge in [-0.3, -0.25) is 0 Å². The summed E-state index contributed by atoms with van der Waals surface area (Å²) in [6, 6.07) is 0. The van der Waals surface area contributed by atoms with E-state index >= 15 is 0 Å². The molecule has 0 amide bonds. The van der Waals surface area contributed by atoms with Gasteiger partial charge in [-0.05, 0) is 19.8 Å². The molecule has 2 N–H and O–H groups in total. The maximum atomic E-state index is 6.05.